The summed E-state index contributed by atoms with van der Waals surface area (Å²) >= 11 is 0. The van der Waals surface area contributed by atoms with Gasteiger partial charge in [0.05, 0.1) is 13.7 Å². The maximum atomic E-state index is 11.5. The second-order valence-corrected chi connectivity index (χ2v) is 5.04. The monoisotopic (exact) mass is 313 g/mol. The predicted molar refractivity (Wildman–Crippen MR) is 86.4 cm³/mol. The van der Waals surface area contributed by atoms with E-state index in [0.29, 0.717) is 6.61 Å². The Balaban J connectivity index is 0.00000441. The van der Waals surface area contributed by atoms with Gasteiger partial charge in [-0.15, -0.1) is 0 Å². The third kappa shape index (κ3) is 10.0. The van der Waals surface area contributed by atoms with Gasteiger partial charge in [0.2, 0.25) is 0 Å². The second kappa shape index (κ2) is 13.9. The van der Waals surface area contributed by atoms with Gasteiger partial charge in [-0.25, -0.2) is 4.79 Å². The third-order valence-corrected chi connectivity index (χ3v) is 3.27. The van der Waals surface area contributed by atoms with Crippen LogP contribution in [0.4, 0.5) is 0 Å². The van der Waals surface area contributed by atoms with E-state index in [0.717, 1.165) is 24.2 Å². The van der Waals surface area contributed by atoms with Crippen LogP contribution in [-0.4, -0.2) is 19.7 Å². The van der Waals surface area contributed by atoms with E-state index in [1.165, 1.54) is 31.8 Å². The average molecular weight is 313 g/mol. The summed E-state index contributed by atoms with van der Waals surface area (Å²) in [6.45, 7) is 2.72. The van der Waals surface area contributed by atoms with Gasteiger partial charge in [0.25, 0.3) is 0 Å². The summed E-state index contributed by atoms with van der Waals surface area (Å²) < 4.78 is 10.2. The molecule has 0 aliphatic carbocycles. The molecule has 0 fully saturated rings. The van der Waals surface area contributed by atoms with Crippen molar-refractivity contribution in [3.05, 3.63) is 35.9 Å². The maximum Gasteiger partial charge on any atom is 1.00 e. The number of esters is 1. The summed E-state index contributed by atoms with van der Waals surface area (Å²) in [5.41, 5.74) is 0.951. The van der Waals surface area contributed by atoms with Gasteiger partial charge in [-0.05, 0) is 30.2 Å². The fraction of sp³-hybridized carbons (Fsp3) is 0.500. The summed E-state index contributed by atoms with van der Waals surface area (Å²) in [5.74, 6) is 0.525. The van der Waals surface area contributed by atoms with E-state index in [1.54, 1.807) is 13.2 Å². The molecule has 0 saturated carbocycles. The molecule has 0 spiro atoms. The third-order valence-electron chi connectivity index (χ3n) is 3.27. The van der Waals surface area contributed by atoms with Crippen molar-refractivity contribution in [2.45, 2.75) is 45.4 Å². The summed E-state index contributed by atoms with van der Waals surface area (Å²) in [6, 6.07) is 7.52. The molecule has 0 atom stereocenters. The zero-order chi connectivity index (χ0) is 15.3. The molecule has 0 amide bonds. The molecule has 3 nitrogen and oxygen atoms in total. The van der Waals surface area contributed by atoms with Crippen LogP contribution in [0, 0.1) is 0 Å². The van der Waals surface area contributed by atoms with Gasteiger partial charge in [0.15, 0.2) is 0 Å². The topological polar surface area (TPSA) is 35.5 Å². The Morgan fingerprint density at radius 1 is 1.05 bits per heavy atom. The number of carbonyl (C=O) groups excluding carboxylic acids is 1. The van der Waals surface area contributed by atoms with Crippen LogP contribution in [0.15, 0.2) is 30.3 Å². The first-order valence-electron chi connectivity index (χ1n) is 7.75. The molecular formula is C18H26NaO3+. The van der Waals surface area contributed by atoms with Crippen molar-refractivity contribution in [1.82, 2.24) is 0 Å². The molecule has 0 saturated heterocycles. The number of rotatable bonds is 10. The van der Waals surface area contributed by atoms with E-state index in [1.807, 2.05) is 24.3 Å². The summed E-state index contributed by atoms with van der Waals surface area (Å²) in [4.78, 5) is 11.5. The van der Waals surface area contributed by atoms with Gasteiger partial charge in [0.1, 0.15) is 5.75 Å². The van der Waals surface area contributed by atoms with Crippen LogP contribution in [0.5, 0.6) is 5.75 Å². The van der Waals surface area contributed by atoms with E-state index in [4.69, 9.17) is 9.47 Å². The molecule has 4 heteroatoms. The van der Waals surface area contributed by atoms with Crippen LogP contribution in [0.1, 0.15) is 51.0 Å². The Morgan fingerprint density at radius 2 is 1.68 bits per heavy atom. The molecule has 1 aromatic rings. The standard InChI is InChI=1S/C18H26O3.Na/c1-3-4-5-6-7-8-15-21-18(19)14-11-16-9-12-17(20-2)13-10-16;/h9-14H,3-8,15H2,1-2H3;/q;+1/b14-11+;. The number of hydrogen-bond acceptors (Lipinski definition) is 3. The largest absolute Gasteiger partial charge is 1.00 e. The van der Waals surface area contributed by atoms with Gasteiger partial charge >= 0.3 is 35.5 Å². The van der Waals surface area contributed by atoms with E-state index in [9.17, 15) is 4.79 Å². The molecule has 0 unspecified atom stereocenters. The van der Waals surface area contributed by atoms with E-state index < -0.39 is 0 Å². The van der Waals surface area contributed by atoms with Crippen LogP contribution < -0.4 is 34.3 Å². The second-order valence-electron chi connectivity index (χ2n) is 5.04. The van der Waals surface area contributed by atoms with Crippen molar-refractivity contribution in [1.29, 1.82) is 0 Å². The summed E-state index contributed by atoms with van der Waals surface area (Å²) in [7, 11) is 1.63. The molecule has 1 rings (SSSR count). The summed E-state index contributed by atoms with van der Waals surface area (Å²) in [6.07, 6.45) is 10.4. The zero-order valence-corrected chi connectivity index (χ0v) is 16.1. The molecule has 0 radical (unpaired) electrons. The van der Waals surface area contributed by atoms with E-state index >= 15 is 0 Å². The van der Waals surface area contributed by atoms with Gasteiger partial charge in [0, 0.05) is 6.08 Å². The van der Waals surface area contributed by atoms with Crippen molar-refractivity contribution < 1.29 is 43.8 Å². The Hall–Kier alpha value is -0.770. The van der Waals surface area contributed by atoms with Gasteiger partial charge in [-0.2, -0.15) is 0 Å². The molecule has 0 aliphatic rings. The quantitative estimate of drug-likeness (QED) is 0.285. The number of benzene rings is 1. The first-order valence-corrected chi connectivity index (χ1v) is 7.75. The van der Waals surface area contributed by atoms with Gasteiger partial charge in [-0.1, -0.05) is 51.2 Å². The van der Waals surface area contributed by atoms with Gasteiger partial charge < -0.3 is 9.47 Å². The molecular weight excluding hydrogens is 287 g/mol. The molecule has 0 bridgehead atoms. The Kier molecular flexibility index (Phi) is 13.4. The average Bonchev–Trinajstić information content (AvgIpc) is 2.52. The maximum absolute atomic E-state index is 11.5. The Bertz CT molecular complexity index is 426. The van der Waals surface area contributed by atoms with Crippen molar-refractivity contribution in [3.8, 4) is 5.75 Å². The number of unbranched alkanes of at least 4 members (excludes halogenated alkanes) is 5. The van der Waals surface area contributed by atoms with Gasteiger partial charge in [-0.3, -0.25) is 0 Å². The van der Waals surface area contributed by atoms with E-state index in [2.05, 4.69) is 6.92 Å². The predicted octanol–water partition coefficient (Wildman–Crippen LogP) is 1.62. The number of methoxy groups -OCH3 is 1. The van der Waals surface area contributed by atoms with Crippen molar-refractivity contribution in [3.63, 3.8) is 0 Å². The van der Waals surface area contributed by atoms with E-state index in [-0.39, 0.29) is 35.5 Å². The van der Waals surface area contributed by atoms with Crippen molar-refractivity contribution in [2.24, 2.45) is 0 Å². The minimum Gasteiger partial charge on any atom is -0.497 e. The minimum atomic E-state index is -0.278. The molecule has 0 N–H and O–H groups in total. The summed E-state index contributed by atoms with van der Waals surface area (Å²) in [5, 5.41) is 0. The van der Waals surface area contributed by atoms with Crippen LogP contribution in [0.2, 0.25) is 0 Å². The SMILES string of the molecule is CCCCCCCCOC(=O)/C=C/c1ccc(OC)cc1.[Na+]. The molecule has 116 valence electrons. The fourth-order valence-corrected chi connectivity index (χ4v) is 1.98. The van der Waals surface area contributed by atoms with Crippen LogP contribution in [-0.2, 0) is 9.53 Å². The molecule has 0 aliphatic heterocycles. The number of carbonyl (C=O) groups is 1. The smallest absolute Gasteiger partial charge is 0.497 e. The minimum absolute atomic E-state index is 0. The van der Waals surface area contributed by atoms with Crippen LogP contribution in [0.25, 0.3) is 6.08 Å². The van der Waals surface area contributed by atoms with Crippen LogP contribution >= 0.6 is 0 Å². The zero-order valence-electron chi connectivity index (χ0n) is 14.1. The molecule has 1 aromatic carbocycles. The molecule has 0 heterocycles. The van der Waals surface area contributed by atoms with Crippen molar-refractivity contribution in [2.75, 3.05) is 13.7 Å². The van der Waals surface area contributed by atoms with Crippen LogP contribution in [0.3, 0.4) is 0 Å². The first-order chi connectivity index (χ1) is 10.3. The Labute approximate surface area is 156 Å². The first kappa shape index (κ1) is 21.2. The molecule has 22 heavy (non-hydrogen) atoms. The van der Waals surface area contributed by atoms with Crippen molar-refractivity contribution >= 4 is 12.0 Å². The number of ether oxygens (including phenoxy) is 2. The normalized spacial score (nSPS) is 10.3. The number of hydrogen-bond donors (Lipinski definition) is 0. The Morgan fingerprint density at radius 3 is 2.32 bits per heavy atom. The molecule has 0 aromatic heterocycles. The fourth-order valence-electron chi connectivity index (χ4n) is 1.98.